The Balaban J connectivity index is 1.67. The summed E-state index contributed by atoms with van der Waals surface area (Å²) in [6, 6.07) is 21.7. The molecule has 1 aliphatic carbocycles. The van der Waals surface area contributed by atoms with Gasteiger partial charge in [-0.3, -0.25) is 0 Å². The fourth-order valence-corrected chi connectivity index (χ4v) is 8.41. The SMILES string of the molecule is Cn1c[n+](C)c2c1=C1C=C(c3ccccc3)S[C@]1(C)[C@@]1(C)SC(c3ccccc3)=CC=21. The topological polar surface area (TPSA) is 8.81 Å². The number of imidazole rings is 1. The van der Waals surface area contributed by atoms with Crippen molar-refractivity contribution >= 4 is 44.5 Å². The summed E-state index contributed by atoms with van der Waals surface area (Å²) in [6.07, 6.45) is 7.11. The highest BCUT2D eigenvalue weighted by Crippen LogP contribution is 2.66. The summed E-state index contributed by atoms with van der Waals surface area (Å²) in [5.74, 6) is 0. The van der Waals surface area contributed by atoms with E-state index in [9.17, 15) is 0 Å². The lowest BCUT2D eigenvalue weighted by molar-refractivity contribution is -0.684. The van der Waals surface area contributed by atoms with Crippen molar-refractivity contribution in [3.63, 3.8) is 0 Å². The summed E-state index contributed by atoms with van der Waals surface area (Å²) in [5, 5.41) is 2.70. The zero-order valence-corrected chi connectivity index (χ0v) is 19.8. The molecule has 154 valence electrons. The molecule has 3 aliphatic rings. The summed E-state index contributed by atoms with van der Waals surface area (Å²) >= 11 is 4.06. The third kappa shape index (κ3) is 2.52. The monoisotopic (exact) mass is 441 g/mol. The first-order valence-corrected chi connectivity index (χ1v) is 12.3. The first kappa shape index (κ1) is 19.3. The standard InChI is InChI=1S/C27H25N2S2/c1-26-20(15-22(30-26)18-11-7-5-8-12-18)24-25(29(4)17-28(24)3)21-16-23(31-27(21,26)2)19-13-9-6-10-14-19/h5-17H,1-4H3/q+1/t26-,27-/m0/s1. The van der Waals surface area contributed by atoms with E-state index in [4.69, 9.17) is 0 Å². The van der Waals surface area contributed by atoms with Crippen molar-refractivity contribution < 1.29 is 4.57 Å². The van der Waals surface area contributed by atoms with Gasteiger partial charge in [-0.15, -0.1) is 23.5 Å². The van der Waals surface area contributed by atoms with Gasteiger partial charge in [-0.25, -0.2) is 9.13 Å². The van der Waals surface area contributed by atoms with E-state index in [2.05, 4.69) is 116 Å². The predicted molar refractivity (Wildman–Crippen MR) is 133 cm³/mol. The fraction of sp³-hybridized carbons (Fsp3) is 0.222. The maximum absolute atomic E-state index is 2.45. The normalized spacial score (nSPS) is 26.3. The van der Waals surface area contributed by atoms with Crippen molar-refractivity contribution in [3.8, 4) is 0 Å². The molecule has 0 saturated heterocycles. The second kappa shape index (κ2) is 6.54. The minimum Gasteiger partial charge on any atom is -0.232 e. The van der Waals surface area contributed by atoms with Gasteiger partial charge in [-0.05, 0) is 37.1 Å². The largest absolute Gasteiger partial charge is 0.244 e. The summed E-state index contributed by atoms with van der Waals surface area (Å²) in [6.45, 7) is 4.90. The summed E-state index contributed by atoms with van der Waals surface area (Å²) < 4.78 is 4.49. The third-order valence-corrected chi connectivity index (χ3v) is 10.4. The lowest BCUT2D eigenvalue weighted by Gasteiger charge is -2.43. The Labute approximate surface area is 191 Å². The quantitative estimate of drug-likeness (QED) is 0.550. The van der Waals surface area contributed by atoms with Gasteiger partial charge in [0.15, 0.2) is 10.7 Å². The molecule has 2 nitrogen and oxygen atoms in total. The zero-order valence-electron chi connectivity index (χ0n) is 18.2. The third-order valence-electron chi connectivity index (χ3n) is 7.02. The highest BCUT2D eigenvalue weighted by atomic mass is 32.2. The van der Waals surface area contributed by atoms with Crippen LogP contribution in [0.4, 0.5) is 0 Å². The number of benzene rings is 2. The van der Waals surface area contributed by atoms with Crippen molar-refractivity contribution in [2.45, 2.75) is 23.3 Å². The van der Waals surface area contributed by atoms with Gasteiger partial charge in [0, 0.05) is 21.0 Å². The van der Waals surface area contributed by atoms with Crippen LogP contribution in [0.15, 0.2) is 79.1 Å². The summed E-state index contributed by atoms with van der Waals surface area (Å²) in [7, 11) is 4.36. The first-order valence-electron chi connectivity index (χ1n) is 10.7. The Bertz CT molecular complexity index is 1310. The second-order valence-electron chi connectivity index (χ2n) is 8.88. The van der Waals surface area contributed by atoms with E-state index in [0.717, 1.165) is 0 Å². The summed E-state index contributed by atoms with van der Waals surface area (Å²) in [4.78, 5) is 2.73. The van der Waals surface area contributed by atoms with E-state index in [1.54, 1.807) is 0 Å². The van der Waals surface area contributed by atoms with Gasteiger partial charge in [0.2, 0.25) is 6.33 Å². The van der Waals surface area contributed by atoms with Crippen LogP contribution in [-0.2, 0) is 14.1 Å². The lowest BCUT2D eigenvalue weighted by atomic mass is 9.77. The molecule has 0 amide bonds. The number of allylic oxidation sites excluding steroid dienone is 2. The van der Waals surface area contributed by atoms with Crippen LogP contribution in [0.25, 0.3) is 21.0 Å². The number of aryl methyl sites for hydroxylation is 2. The van der Waals surface area contributed by atoms with Crippen LogP contribution >= 0.6 is 23.5 Å². The number of fused-ring (bicyclic) bond motifs is 4. The summed E-state index contributed by atoms with van der Waals surface area (Å²) in [5.41, 5.74) is 5.49. The molecule has 0 fully saturated rings. The average molecular weight is 442 g/mol. The Morgan fingerprint density at radius 1 is 0.742 bits per heavy atom. The van der Waals surface area contributed by atoms with E-state index in [-0.39, 0.29) is 9.49 Å². The number of thioether (sulfide) groups is 2. The van der Waals surface area contributed by atoms with Gasteiger partial charge in [0.05, 0.1) is 23.6 Å². The van der Waals surface area contributed by atoms with E-state index in [1.165, 1.54) is 42.8 Å². The van der Waals surface area contributed by atoms with E-state index in [0.29, 0.717) is 0 Å². The lowest BCUT2D eigenvalue weighted by Crippen LogP contribution is -2.61. The molecule has 2 aromatic carbocycles. The van der Waals surface area contributed by atoms with Crippen LogP contribution in [0, 0.1) is 0 Å². The van der Waals surface area contributed by atoms with Crippen LogP contribution in [0.5, 0.6) is 0 Å². The number of rotatable bonds is 2. The maximum Gasteiger partial charge on any atom is 0.244 e. The second-order valence-corrected chi connectivity index (χ2v) is 11.8. The van der Waals surface area contributed by atoms with Crippen LogP contribution in [0.1, 0.15) is 25.0 Å². The molecule has 0 radical (unpaired) electrons. The van der Waals surface area contributed by atoms with Crippen molar-refractivity contribution in [2.75, 3.05) is 0 Å². The maximum atomic E-state index is 2.45. The van der Waals surface area contributed by atoms with Gasteiger partial charge in [-0.1, -0.05) is 60.7 Å². The molecule has 0 unspecified atom stereocenters. The first-order chi connectivity index (χ1) is 14.9. The molecule has 6 rings (SSSR count). The van der Waals surface area contributed by atoms with Crippen molar-refractivity contribution in [3.05, 3.63) is 101 Å². The van der Waals surface area contributed by atoms with Gasteiger partial charge < -0.3 is 0 Å². The Morgan fingerprint density at radius 3 is 1.77 bits per heavy atom. The van der Waals surface area contributed by atoms with Crippen LogP contribution < -0.4 is 15.3 Å². The van der Waals surface area contributed by atoms with Crippen molar-refractivity contribution in [1.82, 2.24) is 4.57 Å². The van der Waals surface area contributed by atoms with Crippen LogP contribution in [-0.4, -0.2) is 14.1 Å². The van der Waals surface area contributed by atoms with Crippen LogP contribution in [0.2, 0.25) is 0 Å². The fourth-order valence-electron chi connectivity index (χ4n) is 5.28. The molecule has 2 aliphatic heterocycles. The molecule has 0 N–H and O–H groups in total. The number of hydrogen-bond donors (Lipinski definition) is 0. The molecular weight excluding hydrogens is 416 g/mol. The van der Waals surface area contributed by atoms with Gasteiger partial charge >= 0.3 is 0 Å². The number of hydrogen-bond acceptors (Lipinski definition) is 2. The highest BCUT2D eigenvalue weighted by molar-refractivity contribution is 8.14. The number of nitrogens with zero attached hydrogens (tertiary/aromatic N) is 2. The average Bonchev–Trinajstić information content (AvgIpc) is 3.41. The molecule has 0 saturated carbocycles. The molecule has 2 atom stereocenters. The molecule has 0 bridgehead atoms. The van der Waals surface area contributed by atoms with Crippen LogP contribution in [0.3, 0.4) is 0 Å². The Hall–Kier alpha value is -2.43. The van der Waals surface area contributed by atoms with Crippen molar-refractivity contribution in [2.24, 2.45) is 14.1 Å². The molecular formula is C27H25N2S2+. The van der Waals surface area contributed by atoms with E-state index < -0.39 is 0 Å². The Morgan fingerprint density at radius 2 is 1.23 bits per heavy atom. The highest BCUT2D eigenvalue weighted by Gasteiger charge is 2.59. The van der Waals surface area contributed by atoms with E-state index >= 15 is 0 Å². The minimum atomic E-state index is -0.0582. The molecule has 1 aromatic heterocycles. The zero-order chi connectivity index (χ0) is 21.4. The molecule has 3 heterocycles. The molecule has 31 heavy (non-hydrogen) atoms. The van der Waals surface area contributed by atoms with E-state index in [1.807, 2.05) is 23.5 Å². The molecule has 4 heteroatoms. The predicted octanol–water partition coefficient (Wildman–Crippen LogP) is 4.26. The number of aromatic nitrogens is 2. The molecule has 0 spiro atoms. The van der Waals surface area contributed by atoms with Gasteiger partial charge in [0.1, 0.15) is 0 Å². The van der Waals surface area contributed by atoms with Gasteiger partial charge in [0.25, 0.3) is 0 Å². The van der Waals surface area contributed by atoms with Gasteiger partial charge in [-0.2, -0.15) is 0 Å². The van der Waals surface area contributed by atoms with Crippen molar-refractivity contribution in [1.29, 1.82) is 0 Å². The smallest absolute Gasteiger partial charge is 0.232 e. The Kier molecular flexibility index (Phi) is 4.06. The minimum absolute atomic E-state index is 0.0582. The molecule has 3 aromatic rings.